The summed E-state index contributed by atoms with van der Waals surface area (Å²) >= 11 is 0. The SMILES string of the molecule is CC1=C[C@@H]2[C@H]3C(=O)N(C[C@@H]4CCCO4)C(=O)[C@@H]3[C@H](C(=O)c3ccccc3)N2c2ccccc21. The van der Waals surface area contributed by atoms with Crippen molar-refractivity contribution in [2.45, 2.75) is 38.0 Å². The summed E-state index contributed by atoms with van der Waals surface area (Å²) in [5.74, 6) is -1.81. The molecule has 0 radical (unpaired) electrons. The third-order valence-electron chi connectivity index (χ3n) is 7.58. The van der Waals surface area contributed by atoms with E-state index in [9.17, 15) is 14.4 Å². The lowest BCUT2D eigenvalue weighted by atomic mass is 9.85. The Bertz CT molecular complexity index is 1170. The molecule has 168 valence electrons. The first-order valence-corrected chi connectivity index (χ1v) is 11.7. The van der Waals surface area contributed by atoms with E-state index in [0.29, 0.717) is 12.2 Å². The van der Waals surface area contributed by atoms with Gasteiger partial charge in [0.15, 0.2) is 5.78 Å². The molecule has 4 heterocycles. The fourth-order valence-corrected chi connectivity index (χ4v) is 6.10. The second-order valence-corrected chi connectivity index (χ2v) is 9.41. The summed E-state index contributed by atoms with van der Waals surface area (Å²) in [6, 6.07) is 16.0. The molecule has 4 aliphatic heterocycles. The molecular weight excluding hydrogens is 416 g/mol. The fraction of sp³-hybridized carbons (Fsp3) is 0.370. The lowest BCUT2D eigenvalue weighted by molar-refractivity contribution is -0.142. The highest BCUT2D eigenvalue weighted by Gasteiger charge is 2.64. The highest BCUT2D eigenvalue weighted by atomic mass is 16.5. The van der Waals surface area contributed by atoms with E-state index >= 15 is 0 Å². The first kappa shape index (κ1) is 20.4. The van der Waals surface area contributed by atoms with Gasteiger partial charge in [-0.05, 0) is 31.4 Å². The number of rotatable bonds is 4. The van der Waals surface area contributed by atoms with E-state index in [2.05, 4.69) is 6.08 Å². The number of hydrogen-bond donors (Lipinski definition) is 0. The first-order valence-electron chi connectivity index (χ1n) is 11.7. The van der Waals surface area contributed by atoms with Gasteiger partial charge in [-0.25, -0.2) is 0 Å². The van der Waals surface area contributed by atoms with Gasteiger partial charge < -0.3 is 9.64 Å². The van der Waals surface area contributed by atoms with Gasteiger partial charge in [0.05, 0.1) is 30.5 Å². The Kier molecular flexibility index (Phi) is 4.73. The van der Waals surface area contributed by atoms with E-state index in [0.717, 1.165) is 29.7 Å². The molecule has 6 heteroatoms. The number of carbonyl (C=O) groups is 3. The maximum Gasteiger partial charge on any atom is 0.235 e. The van der Waals surface area contributed by atoms with E-state index < -0.39 is 17.9 Å². The van der Waals surface area contributed by atoms with Gasteiger partial charge in [0.25, 0.3) is 0 Å². The van der Waals surface area contributed by atoms with Crippen molar-refractivity contribution in [3.05, 3.63) is 71.8 Å². The van der Waals surface area contributed by atoms with Crippen LogP contribution in [0.3, 0.4) is 0 Å². The molecule has 6 nitrogen and oxygen atoms in total. The van der Waals surface area contributed by atoms with Gasteiger partial charge in [-0.1, -0.05) is 54.6 Å². The molecule has 3 fully saturated rings. The lowest BCUT2D eigenvalue weighted by Gasteiger charge is -2.38. The van der Waals surface area contributed by atoms with Crippen LogP contribution in [0.15, 0.2) is 60.7 Å². The van der Waals surface area contributed by atoms with E-state index in [1.807, 2.05) is 54.3 Å². The van der Waals surface area contributed by atoms with Crippen LogP contribution >= 0.6 is 0 Å². The molecule has 0 spiro atoms. The first-order chi connectivity index (χ1) is 16.1. The van der Waals surface area contributed by atoms with E-state index in [4.69, 9.17) is 4.74 Å². The molecule has 0 aliphatic carbocycles. The molecule has 4 aliphatic rings. The quantitative estimate of drug-likeness (QED) is 0.537. The average molecular weight is 443 g/mol. The zero-order valence-electron chi connectivity index (χ0n) is 18.5. The van der Waals surface area contributed by atoms with Crippen molar-refractivity contribution >= 4 is 28.9 Å². The molecule has 0 N–H and O–H groups in total. The summed E-state index contributed by atoms with van der Waals surface area (Å²) in [5.41, 5.74) is 3.58. The largest absolute Gasteiger partial charge is 0.376 e. The number of hydrogen-bond acceptors (Lipinski definition) is 5. The maximum absolute atomic E-state index is 13.9. The minimum atomic E-state index is -0.723. The van der Waals surface area contributed by atoms with Crippen LogP contribution in [0.1, 0.15) is 35.7 Å². The van der Waals surface area contributed by atoms with Gasteiger partial charge in [0.2, 0.25) is 11.8 Å². The number of ketones is 1. The van der Waals surface area contributed by atoms with Crippen LogP contribution in [0.5, 0.6) is 0 Å². The van der Waals surface area contributed by atoms with Crippen LogP contribution in [0.4, 0.5) is 5.69 Å². The molecule has 0 saturated carbocycles. The molecule has 33 heavy (non-hydrogen) atoms. The van der Waals surface area contributed by atoms with Crippen LogP contribution < -0.4 is 4.90 Å². The van der Waals surface area contributed by atoms with Crippen LogP contribution in [0.2, 0.25) is 0 Å². The lowest BCUT2D eigenvalue weighted by Crippen LogP contribution is -2.49. The normalized spacial score (nSPS) is 30.2. The minimum Gasteiger partial charge on any atom is -0.376 e. The summed E-state index contributed by atoms with van der Waals surface area (Å²) in [5, 5.41) is 0. The van der Waals surface area contributed by atoms with Gasteiger partial charge in [0, 0.05) is 23.4 Å². The molecule has 6 rings (SSSR count). The van der Waals surface area contributed by atoms with Crippen molar-refractivity contribution in [3.8, 4) is 0 Å². The number of nitrogens with zero attached hydrogens (tertiary/aromatic N) is 2. The third kappa shape index (κ3) is 3.00. The van der Waals surface area contributed by atoms with Crippen LogP contribution in [-0.2, 0) is 14.3 Å². The molecule has 2 amide bonds. The van der Waals surface area contributed by atoms with E-state index in [1.165, 1.54) is 4.90 Å². The van der Waals surface area contributed by atoms with Crippen molar-refractivity contribution in [1.29, 1.82) is 0 Å². The Morgan fingerprint density at radius 2 is 1.73 bits per heavy atom. The van der Waals surface area contributed by atoms with E-state index in [1.54, 1.807) is 12.1 Å². The summed E-state index contributed by atoms with van der Waals surface area (Å²) in [7, 11) is 0. The zero-order chi connectivity index (χ0) is 22.7. The summed E-state index contributed by atoms with van der Waals surface area (Å²) < 4.78 is 5.71. The highest BCUT2D eigenvalue weighted by Crippen LogP contribution is 2.50. The molecule has 0 bridgehead atoms. The number of anilines is 1. The molecule has 0 aromatic heterocycles. The zero-order valence-corrected chi connectivity index (χ0v) is 18.5. The van der Waals surface area contributed by atoms with Crippen LogP contribution in [-0.4, -0.2) is 53.8 Å². The summed E-state index contributed by atoms with van der Waals surface area (Å²) in [6.45, 7) is 2.98. The molecule has 3 saturated heterocycles. The number of allylic oxidation sites excluding steroid dienone is 1. The van der Waals surface area contributed by atoms with Gasteiger partial charge in [-0.3, -0.25) is 19.3 Å². The van der Waals surface area contributed by atoms with Crippen molar-refractivity contribution in [2.24, 2.45) is 11.8 Å². The Hall–Kier alpha value is -3.25. The van der Waals surface area contributed by atoms with Gasteiger partial charge in [-0.15, -0.1) is 0 Å². The number of benzene rings is 2. The number of amides is 2. The number of likely N-dealkylation sites (tertiary alicyclic amines) is 1. The van der Waals surface area contributed by atoms with Crippen LogP contribution in [0, 0.1) is 11.8 Å². The highest BCUT2D eigenvalue weighted by molar-refractivity contribution is 6.14. The third-order valence-corrected chi connectivity index (χ3v) is 7.58. The molecule has 5 atom stereocenters. The average Bonchev–Trinajstić information content (AvgIpc) is 3.53. The minimum absolute atomic E-state index is 0.111. The number of Topliss-reactive ketones (excluding diaryl/α,β-unsaturated/α-hetero) is 1. The molecular formula is C27H26N2O4. The molecule has 0 unspecified atom stereocenters. The smallest absolute Gasteiger partial charge is 0.235 e. The number of para-hydroxylation sites is 1. The monoisotopic (exact) mass is 442 g/mol. The Balaban J connectivity index is 1.46. The second-order valence-electron chi connectivity index (χ2n) is 9.41. The number of imide groups is 1. The van der Waals surface area contributed by atoms with Gasteiger partial charge in [-0.2, -0.15) is 0 Å². The number of ether oxygens (including phenoxy) is 1. The van der Waals surface area contributed by atoms with Crippen molar-refractivity contribution in [2.75, 3.05) is 18.1 Å². The van der Waals surface area contributed by atoms with Gasteiger partial charge >= 0.3 is 0 Å². The summed E-state index contributed by atoms with van der Waals surface area (Å²) in [4.78, 5) is 44.6. The standard InChI is InChI=1S/C27H26N2O4/c1-16-14-21-22-23(27(32)28(26(22)31)15-18-10-7-13-33-18)24(25(30)17-8-3-2-4-9-17)29(21)20-12-6-5-11-19(16)20/h2-6,8-9,11-12,14,18,21-24H,7,10,13,15H2,1H3/t18-,21+,22+,23-,24+/m0/s1. The Morgan fingerprint density at radius 3 is 2.48 bits per heavy atom. The topological polar surface area (TPSA) is 66.9 Å². The predicted molar refractivity (Wildman–Crippen MR) is 124 cm³/mol. The maximum atomic E-state index is 13.9. The number of fused-ring (bicyclic) bond motifs is 5. The van der Waals surface area contributed by atoms with Crippen LogP contribution in [0.25, 0.3) is 5.57 Å². The summed E-state index contributed by atoms with van der Waals surface area (Å²) in [6.07, 6.45) is 3.75. The van der Waals surface area contributed by atoms with E-state index in [-0.39, 0.29) is 36.3 Å². The van der Waals surface area contributed by atoms with Gasteiger partial charge in [0.1, 0.15) is 6.04 Å². The number of carbonyl (C=O) groups excluding carboxylic acids is 3. The Morgan fingerprint density at radius 1 is 1.00 bits per heavy atom. The van der Waals surface area contributed by atoms with Crippen molar-refractivity contribution < 1.29 is 19.1 Å². The molecule has 2 aromatic rings. The predicted octanol–water partition coefficient (Wildman–Crippen LogP) is 3.32. The fourth-order valence-electron chi connectivity index (χ4n) is 6.10. The van der Waals surface area contributed by atoms with Crippen molar-refractivity contribution in [3.63, 3.8) is 0 Å². The molecule has 2 aromatic carbocycles. The second kappa shape index (κ2) is 7.66. The van der Waals surface area contributed by atoms with Crippen molar-refractivity contribution in [1.82, 2.24) is 4.90 Å². The Labute approximate surface area is 192 Å².